The smallest absolute Gasteiger partial charge is 0.329 e. The minimum atomic E-state index is -1.29. The maximum atomic E-state index is 13.4. The highest BCUT2D eigenvalue weighted by Crippen LogP contribution is 2.36. The van der Waals surface area contributed by atoms with E-state index in [1.807, 2.05) is 0 Å². The standard InChI is InChI=1S/C18H21FN2O4/c1-10-4-6-18(7-5-10,17(24)25)21-16(23)13-9-15(22)20-14-8-11(19)2-3-12(13)14/h2-3,8,10,13H,4-7,9H2,1H3,(H,20,22)(H,21,23)(H,24,25). The number of hydrogen-bond acceptors (Lipinski definition) is 3. The predicted molar refractivity (Wildman–Crippen MR) is 88.5 cm³/mol. The number of carbonyl (C=O) groups excluding carboxylic acids is 2. The molecule has 1 heterocycles. The summed E-state index contributed by atoms with van der Waals surface area (Å²) < 4.78 is 13.4. The molecule has 0 aromatic heterocycles. The molecule has 7 heteroatoms. The molecule has 2 amide bonds. The number of hydrogen-bond donors (Lipinski definition) is 3. The number of anilines is 1. The fraction of sp³-hybridized carbons (Fsp3) is 0.500. The lowest BCUT2D eigenvalue weighted by Gasteiger charge is -2.38. The van der Waals surface area contributed by atoms with Crippen LogP contribution in [0.15, 0.2) is 18.2 Å². The maximum absolute atomic E-state index is 13.4. The van der Waals surface area contributed by atoms with Crippen molar-refractivity contribution in [2.45, 2.75) is 50.5 Å². The van der Waals surface area contributed by atoms with Crippen LogP contribution in [0.25, 0.3) is 0 Å². The molecule has 6 nitrogen and oxygen atoms in total. The summed E-state index contributed by atoms with van der Waals surface area (Å²) in [6.07, 6.45) is 2.09. The Bertz CT molecular complexity index is 726. The van der Waals surface area contributed by atoms with Crippen LogP contribution >= 0.6 is 0 Å². The molecule has 25 heavy (non-hydrogen) atoms. The summed E-state index contributed by atoms with van der Waals surface area (Å²) in [7, 11) is 0. The minimum absolute atomic E-state index is 0.0867. The number of fused-ring (bicyclic) bond motifs is 1. The fourth-order valence-electron chi connectivity index (χ4n) is 3.64. The zero-order valence-corrected chi connectivity index (χ0v) is 14.0. The number of carbonyl (C=O) groups is 3. The van der Waals surface area contributed by atoms with E-state index in [0.717, 1.165) is 12.8 Å². The van der Waals surface area contributed by atoms with Gasteiger partial charge in [0.15, 0.2) is 0 Å². The molecule has 1 saturated carbocycles. The van der Waals surface area contributed by atoms with Gasteiger partial charge in [0.1, 0.15) is 11.4 Å². The van der Waals surface area contributed by atoms with E-state index in [2.05, 4.69) is 17.6 Å². The van der Waals surface area contributed by atoms with E-state index in [-0.39, 0.29) is 18.0 Å². The zero-order valence-electron chi connectivity index (χ0n) is 14.0. The summed E-state index contributed by atoms with van der Waals surface area (Å²) in [5.74, 6) is -2.84. The Morgan fingerprint density at radius 2 is 2.00 bits per heavy atom. The van der Waals surface area contributed by atoms with Crippen molar-refractivity contribution in [3.05, 3.63) is 29.6 Å². The van der Waals surface area contributed by atoms with Gasteiger partial charge in [-0.15, -0.1) is 0 Å². The van der Waals surface area contributed by atoms with Gasteiger partial charge < -0.3 is 15.7 Å². The van der Waals surface area contributed by atoms with Gasteiger partial charge in [0.05, 0.1) is 5.92 Å². The van der Waals surface area contributed by atoms with Crippen molar-refractivity contribution in [1.82, 2.24) is 5.32 Å². The molecule has 1 aliphatic carbocycles. The number of amides is 2. The molecule has 2 aliphatic rings. The molecule has 1 aromatic carbocycles. The fourth-order valence-corrected chi connectivity index (χ4v) is 3.64. The average Bonchev–Trinajstić information content (AvgIpc) is 2.55. The van der Waals surface area contributed by atoms with Crippen molar-refractivity contribution < 1.29 is 23.9 Å². The van der Waals surface area contributed by atoms with Crippen LogP contribution in [0, 0.1) is 11.7 Å². The van der Waals surface area contributed by atoms with Crippen LogP contribution in [0.3, 0.4) is 0 Å². The Morgan fingerprint density at radius 3 is 2.64 bits per heavy atom. The summed E-state index contributed by atoms with van der Waals surface area (Å²) in [6, 6.07) is 3.86. The van der Waals surface area contributed by atoms with Gasteiger partial charge in [-0.2, -0.15) is 0 Å². The molecule has 1 aliphatic heterocycles. The second-order valence-electron chi connectivity index (χ2n) is 7.10. The van der Waals surface area contributed by atoms with Gasteiger partial charge in [0.2, 0.25) is 11.8 Å². The third-order valence-electron chi connectivity index (χ3n) is 5.27. The van der Waals surface area contributed by atoms with Gasteiger partial charge in [-0.1, -0.05) is 13.0 Å². The Hall–Kier alpha value is -2.44. The van der Waals surface area contributed by atoms with E-state index in [1.165, 1.54) is 18.2 Å². The predicted octanol–water partition coefficient (Wildman–Crippen LogP) is 2.40. The van der Waals surface area contributed by atoms with Crippen molar-refractivity contribution >= 4 is 23.5 Å². The SMILES string of the molecule is CC1CCC(NC(=O)C2CC(=O)Nc3cc(F)ccc32)(C(=O)O)CC1. The van der Waals surface area contributed by atoms with Crippen LogP contribution in [-0.4, -0.2) is 28.4 Å². The lowest BCUT2D eigenvalue weighted by Crippen LogP contribution is -2.57. The summed E-state index contributed by atoms with van der Waals surface area (Å²) in [5, 5.41) is 14.9. The molecule has 1 aromatic rings. The van der Waals surface area contributed by atoms with E-state index in [9.17, 15) is 23.9 Å². The lowest BCUT2D eigenvalue weighted by molar-refractivity contribution is -0.150. The summed E-state index contributed by atoms with van der Waals surface area (Å²) in [5.41, 5.74) is -0.529. The van der Waals surface area contributed by atoms with Crippen LogP contribution in [0.2, 0.25) is 0 Å². The van der Waals surface area contributed by atoms with Gasteiger partial charge in [0.25, 0.3) is 0 Å². The molecule has 0 spiro atoms. The number of halogens is 1. The van der Waals surface area contributed by atoms with E-state index >= 15 is 0 Å². The first-order valence-corrected chi connectivity index (χ1v) is 8.45. The number of nitrogens with one attached hydrogen (secondary N) is 2. The van der Waals surface area contributed by atoms with Crippen LogP contribution in [0.4, 0.5) is 10.1 Å². The first-order valence-electron chi connectivity index (χ1n) is 8.45. The molecule has 0 saturated heterocycles. The van der Waals surface area contributed by atoms with Crippen molar-refractivity contribution in [2.75, 3.05) is 5.32 Å². The number of rotatable bonds is 3. The first kappa shape index (κ1) is 17.4. The van der Waals surface area contributed by atoms with E-state index in [1.54, 1.807) is 0 Å². The van der Waals surface area contributed by atoms with Gasteiger partial charge >= 0.3 is 5.97 Å². The van der Waals surface area contributed by atoms with Gasteiger partial charge in [-0.25, -0.2) is 9.18 Å². The van der Waals surface area contributed by atoms with Crippen LogP contribution in [0.5, 0.6) is 0 Å². The largest absolute Gasteiger partial charge is 0.480 e. The van der Waals surface area contributed by atoms with Crippen LogP contribution in [0.1, 0.15) is 50.5 Å². The molecule has 3 N–H and O–H groups in total. The summed E-state index contributed by atoms with van der Waals surface area (Å²) in [4.78, 5) is 36.5. The number of aliphatic carboxylic acids is 1. The molecule has 1 atom stereocenters. The second-order valence-corrected chi connectivity index (χ2v) is 7.10. The quantitative estimate of drug-likeness (QED) is 0.782. The summed E-state index contributed by atoms with van der Waals surface area (Å²) in [6.45, 7) is 2.06. The lowest BCUT2D eigenvalue weighted by atomic mass is 9.76. The molecule has 3 rings (SSSR count). The van der Waals surface area contributed by atoms with E-state index < -0.39 is 29.2 Å². The number of carboxylic acids is 1. The summed E-state index contributed by atoms with van der Waals surface area (Å²) >= 11 is 0. The van der Waals surface area contributed by atoms with Gasteiger partial charge in [-0.3, -0.25) is 9.59 Å². The van der Waals surface area contributed by atoms with E-state index in [0.29, 0.717) is 24.3 Å². The molecule has 0 radical (unpaired) electrons. The van der Waals surface area contributed by atoms with Crippen molar-refractivity contribution in [1.29, 1.82) is 0 Å². The van der Waals surface area contributed by atoms with Crippen LogP contribution in [-0.2, 0) is 14.4 Å². The molecule has 1 unspecified atom stereocenters. The topological polar surface area (TPSA) is 95.5 Å². The Kier molecular flexibility index (Phi) is 4.49. The Labute approximate surface area is 144 Å². The van der Waals surface area contributed by atoms with Gasteiger partial charge in [0, 0.05) is 12.1 Å². The molecule has 0 bridgehead atoms. The number of carboxylic acid groups (broad SMARTS) is 1. The monoisotopic (exact) mass is 348 g/mol. The zero-order chi connectivity index (χ0) is 18.2. The molecular weight excluding hydrogens is 327 g/mol. The van der Waals surface area contributed by atoms with Crippen molar-refractivity contribution in [3.63, 3.8) is 0 Å². The molecule has 1 fully saturated rings. The third kappa shape index (κ3) is 3.36. The Morgan fingerprint density at radius 1 is 1.32 bits per heavy atom. The van der Waals surface area contributed by atoms with E-state index in [4.69, 9.17) is 0 Å². The van der Waals surface area contributed by atoms with Gasteiger partial charge in [-0.05, 0) is 49.3 Å². The van der Waals surface area contributed by atoms with Crippen molar-refractivity contribution in [3.8, 4) is 0 Å². The highest BCUT2D eigenvalue weighted by atomic mass is 19.1. The first-order chi connectivity index (χ1) is 11.8. The molecule has 134 valence electrons. The Balaban J connectivity index is 1.86. The average molecular weight is 348 g/mol. The molecular formula is C18H21FN2O4. The normalized spacial score (nSPS) is 28.6. The highest BCUT2D eigenvalue weighted by molar-refractivity contribution is 6.02. The minimum Gasteiger partial charge on any atom is -0.480 e. The highest BCUT2D eigenvalue weighted by Gasteiger charge is 2.44. The van der Waals surface area contributed by atoms with Crippen LogP contribution < -0.4 is 10.6 Å². The second kappa shape index (κ2) is 6.46. The van der Waals surface area contributed by atoms with Crippen molar-refractivity contribution in [2.24, 2.45) is 5.92 Å². The maximum Gasteiger partial charge on any atom is 0.329 e. The number of benzene rings is 1. The third-order valence-corrected chi connectivity index (χ3v) is 5.27.